The normalized spacial score (nSPS) is 17.6. The van der Waals surface area contributed by atoms with Gasteiger partial charge in [-0.2, -0.15) is 0 Å². The van der Waals surface area contributed by atoms with E-state index in [4.69, 9.17) is 10.5 Å². The number of amides is 1. The number of piperidine rings is 1. The molecule has 0 unspecified atom stereocenters. The molecule has 0 bridgehead atoms. The highest BCUT2D eigenvalue weighted by atomic mass is 16.5. The van der Waals surface area contributed by atoms with E-state index in [0.717, 1.165) is 43.1 Å². The monoisotopic (exact) mass is 372 g/mol. The van der Waals surface area contributed by atoms with Gasteiger partial charge in [-0.3, -0.25) is 9.69 Å². The molecule has 2 N–H and O–H groups in total. The maximum Gasteiger partial charge on any atom is 0.220 e. The van der Waals surface area contributed by atoms with Crippen LogP contribution in [0.2, 0.25) is 0 Å². The van der Waals surface area contributed by atoms with Gasteiger partial charge in [0.2, 0.25) is 5.91 Å². The van der Waals surface area contributed by atoms with Crippen LogP contribution < -0.4 is 10.5 Å². The number of rotatable bonds is 5. The van der Waals surface area contributed by atoms with Crippen molar-refractivity contribution in [1.82, 2.24) is 25.1 Å². The lowest BCUT2D eigenvalue weighted by Crippen LogP contribution is -2.42. The van der Waals surface area contributed by atoms with Crippen LogP contribution >= 0.6 is 0 Å². The van der Waals surface area contributed by atoms with E-state index in [0.29, 0.717) is 0 Å². The summed E-state index contributed by atoms with van der Waals surface area (Å²) in [5.41, 5.74) is 6.35. The molecule has 1 saturated heterocycles. The van der Waals surface area contributed by atoms with E-state index in [1.54, 1.807) is 7.11 Å². The van der Waals surface area contributed by atoms with Gasteiger partial charge in [0.1, 0.15) is 5.75 Å². The average molecular weight is 372 g/mol. The van der Waals surface area contributed by atoms with Crippen LogP contribution in [0.3, 0.4) is 0 Å². The first-order chi connectivity index (χ1) is 12.8. The molecule has 1 aromatic carbocycles. The molecule has 1 aliphatic heterocycles. The fraction of sp³-hybridized carbons (Fsp3) is 0.579. The smallest absolute Gasteiger partial charge is 0.220 e. The molecule has 0 aliphatic carbocycles. The number of hydrogen-bond acceptors (Lipinski definition) is 6. The number of likely N-dealkylation sites (tertiary alicyclic amines) is 1. The lowest BCUT2D eigenvalue weighted by atomic mass is 9.93. The van der Waals surface area contributed by atoms with Crippen molar-refractivity contribution in [3.8, 4) is 5.75 Å². The van der Waals surface area contributed by atoms with Gasteiger partial charge in [-0.05, 0) is 74.8 Å². The Morgan fingerprint density at radius 3 is 2.37 bits per heavy atom. The highest BCUT2D eigenvalue weighted by Crippen LogP contribution is 2.33. The van der Waals surface area contributed by atoms with Crippen LogP contribution in [0.5, 0.6) is 5.75 Å². The molecule has 3 rings (SSSR count). The van der Waals surface area contributed by atoms with Crippen LogP contribution in [-0.2, 0) is 10.3 Å². The SMILES string of the molecule is COc1ccc([C@H](c2nnnn2C(C)(C)C)N2CCC(C(N)=O)CC2)cc1. The van der Waals surface area contributed by atoms with Gasteiger partial charge in [0.25, 0.3) is 0 Å². The summed E-state index contributed by atoms with van der Waals surface area (Å²) in [6.45, 7) is 7.77. The summed E-state index contributed by atoms with van der Waals surface area (Å²) in [4.78, 5) is 13.9. The summed E-state index contributed by atoms with van der Waals surface area (Å²) in [7, 11) is 1.65. The average Bonchev–Trinajstić information content (AvgIpc) is 3.13. The Morgan fingerprint density at radius 1 is 1.22 bits per heavy atom. The number of methoxy groups -OCH3 is 1. The van der Waals surface area contributed by atoms with Crippen molar-refractivity contribution in [3.63, 3.8) is 0 Å². The van der Waals surface area contributed by atoms with Crippen LogP contribution in [0.25, 0.3) is 0 Å². The second-order valence-corrected chi connectivity index (χ2v) is 8.01. The van der Waals surface area contributed by atoms with Gasteiger partial charge in [0.05, 0.1) is 18.7 Å². The molecule has 0 saturated carbocycles. The molecular formula is C19H28N6O2. The molecule has 0 spiro atoms. The van der Waals surface area contributed by atoms with Gasteiger partial charge in [0.15, 0.2) is 5.82 Å². The van der Waals surface area contributed by atoms with Gasteiger partial charge in [-0.1, -0.05) is 12.1 Å². The number of ether oxygens (including phenoxy) is 1. The summed E-state index contributed by atoms with van der Waals surface area (Å²) in [6, 6.07) is 7.89. The number of hydrogen-bond donors (Lipinski definition) is 1. The van der Waals surface area contributed by atoms with E-state index in [-0.39, 0.29) is 23.4 Å². The van der Waals surface area contributed by atoms with Crippen molar-refractivity contribution in [3.05, 3.63) is 35.7 Å². The second-order valence-electron chi connectivity index (χ2n) is 8.01. The highest BCUT2D eigenvalue weighted by molar-refractivity contribution is 5.76. The van der Waals surface area contributed by atoms with E-state index in [1.165, 1.54) is 0 Å². The van der Waals surface area contributed by atoms with Crippen LogP contribution in [0.15, 0.2) is 24.3 Å². The lowest BCUT2D eigenvalue weighted by Gasteiger charge is -2.37. The summed E-state index contributed by atoms with van der Waals surface area (Å²) in [5.74, 6) is 1.33. The van der Waals surface area contributed by atoms with Crippen molar-refractivity contribution < 1.29 is 9.53 Å². The van der Waals surface area contributed by atoms with Gasteiger partial charge in [-0.15, -0.1) is 5.10 Å². The number of aromatic nitrogens is 4. The molecule has 1 fully saturated rings. The van der Waals surface area contributed by atoms with Crippen LogP contribution in [-0.4, -0.2) is 51.2 Å². The van der Waals surface area contributed by atoms with Gasteiger partial charge in [-0.25, -0.2) is 4.68 Å². The van der Waals surface area contributed by atoms with Crippen molar-refractivity contribution >= 4 is 5.91 Å². The Labute approximate surface area is 159 Å². The largest absolute Gasteiger partial charge is 0.497 e. The molecule has 2 heterocycles. The predicted molar refractivity (Wildman–Crippen MR) is 101 cm³/mol. The van der Waals surface area contributed by atoms with E-state index in [9.17, 15) is 4.79 Å². The second kappa shape index (κ2) is 7.64. The fourth-order valence-electron chi connectivity index (χ4n) is 3.59. The minimum absolute atomic E-state index is 0.0589. The molecule has 1 aliphatic rings. The maximum atomic E-state index is 11.5. The number of carbonyl (C=O) groups excluding carboxylic acids is 1. The third-order valence-corrected chi connectivity index (χ3v) is 5.10. The number of nitrogens with zero attached hydrogens (tertiary/aromatic N) is 5. The molecule has 0 radical (unpaired) electrons. The first-order valence-electron chi connectivity index (χ1n) is 9.27. The predicted octanol–water partition coefficient (Wildman–Crippen LogP) is 1.72. The standard InChI is InChI=1S/C19H28N6O2/c1-19(2,3)25-18(21-22-23-25)16(13-5-7-15(27-4)8-6-13)24-11-9-14(10-12-24)17(20)26/h5-8,14,16H,9-12H2,1-4H3,(H2,20,26)/t16-/m1/s1. The first-order valence-corrected chi connectivity index (χ1v) is 9.27. The third kappa shape index (κ3) is 4.10. The number of benzene rings is 1. The van der Waals surface area contributed by atoms with E-state index >= 15 is 0 Å². The Balaban J connectivity index is 1.97. The van der Waals surface area contributed by atoms with Gasteiger partial charge < -0.3 is 10.5 Å². The number of carbonyl (C=O) groups is 1. The van der Waals surface area contributed by atoms with Crippen molar-refractivity contribution in [1.29, 1.82) is 0 Å². The summed E-state index contributed by atoms with van der Waals surface area (Å²) in [5, 5.41) is 12.5. The fourth-order valence-corrected chi connectivity index (χ4v) is 3.59. The molecule has 2 aromatic rings. The minimum atomic E-state index is -0.241. The Kier molecular flexibility index (Phi) is 5.46. The molecule has 8 nitrogen and oxygen atoms in total. The Morgan fingerprint density at radius 2 is 1.85 bits per heavy atom. The molecule has 8 heteroatoms. The van der Waals surface area contributed by atoms with Gasteiger partial charge in [0, 0.05) is 5.92 Å². The lowest BCUT2D eigenvalue weighted by molar-refractivity contribution is -0.123. The van der Waals surface area contributed by atoms with E-state index in [2.05, 4.69) is 41.2 Å². The zero-order chi connectivity index (χ0) is 19.6. The zero-order valence-corrected chi connectivity index (χ0v) is 16.4. The molecule has 1 atom stereocenters. The molecule has 27 heavy (non-hydrogen) atoms. The van der Waals surface area contributed by atoms with Crippen molar-refractivity contribution in [2.24, 2.45) is 11.7 Å². The minimum Gasteiger partial charge on any atom is -0.497 e. The quantitative estimate of drug-likeness (QED) is 0.858. The van der Waals surface area contributed by atoms with E-state index in [1.807, 2.05) is 28.9 Å². The molecule has 1 amide bonds. The Hall–Kier alpha value is -2.48. The maximum absolute atomic E-state index is 11.5. The van der Waals surface area contributed by atoms with Crippen molar-refractivity contribution in [2.75, 3.05) is 20.2 Å². The van der Waals surface area contributed by atoms with Crippen LogP contribution in [0.4, 0.5) is 0 Å². The van der Waals surface area contributed by atoms with Crippen LogP contribution in [0, 0.1) is 5.92 Å². The zero-order valence-electron chi connectivity index (χ0n) is 16.4. The molecular weight excluding hydrogens is 344 g/mol. The Bertz CT molecular complexity index is 772. The number of tetrazole rings is 1. The first kappa shape index (κ1) is 19.3. The topological polar surface area (TPSA) is 99.2 Å². The summed E-state index contributed by atoms with van der Waals surface area (Å²) >= 11 is 0. The molecule has 1 aromatic heterocycles. The number of nitrogens with two attached hydrogens (primary N) is 1. The third-order valence-electron chi connectivity index (χ3n) is 5.10. The summed E-state index contributed by atoms with van der Waals surface area (Å²) in [6.07, 6.45) is 1.50. The number of primary amides is 1. The van der Waals surface area contributed by atoms with Gasteiger partial charge >= 0.3 is 0 Å². The summed E-state index contributed by atoms with van der Waals surface area (Å²) < 4.78 is 7.17. The van der Waals surface area contributed by atoms with Crippen LogP contribution in [0.1, 0.15) is 51.0 Å². The highest BCUT2D eigenvalue weighted by Gasteiger charge is 2.34. The van der Waals surface area contributed by atoms with Crippen molar-refractivity contribution in [2.45, 2.75) is 45.2 Å². The van der Waals surface area contributed by atoms with E-state index < -0.39 is 0 Å². The molecule has 146 valence electrons.